The van der Waals surface area contributed by atoms with Crippen molar-refractivity contribution in [3.63, 3.8) is 0 Å². The van der Waals surface area contributed by atoms with Crippen LogP contribution in [0.3, 0.4) is 0 Å². The first-order valence-corrected chi connectivity index (χ1v) is 7.02. The number of aliphatic imine (C=N–C) groups is 1. The lowest BCUT2D eigenvalue weighted by atomic mass is 10.2. The minimum absolute atomic E-state index is 0.207. The molecule has 1 aromatic heterocycles. The van der Waals surface area contributed by atoms with E-state index in [1.54, 1.807) is 10.8 Å². The molecule has 0 fully saturated rings. The number of hydrogen-bond donors (Lipinski definition) is 1. The number of nitrogens with zero attached hydrogens (tertiary/aromatic N) is 2. The van der Waals surface area contributed by atoms with Gasteiger partial charge in [0.15, 0.2) is 0 Å². The Bertz CT molecular complexity index is 849. The third-order valence-electron chi connectivity index (χ3n) is 3.61. The molecule has 21 heavy (non-hydrogen) atoms. The topological polar surface area (TPSA) is 37.5 Å². The van der Waals surface area contributed by atoms with Crippen LogP contribution in [0.2, 0.25) is 5.02 Å². The van der Waals surface area contributed by atoms with Gasteiger partial charge in [-0.3, -0.25) is 4.99 Å². The fraction of sp³-hybridized carbons (Fsp3) is 0.118. The van der Waals surface area contributed by atoms with Crippen LogP contribution in [0.15, 0.2) is 47.5 Å². The molecule has 0 bridgehead atoms. The Morgan fingerprint density at radius 2 is 1.95 bits per heavy atom. The van der Waals surface area contributed by atoms with Crippen LogP contribution >= 0.6 is 11.6 Å². The van der Waals surface area contributed by atoms with Crippen LogP contribution in [0.4, 0.5) is 5.69 Å². The first-order valence-electron chi connectivity index (χ1n) is 6.64. The van der Waals surface area contributed by atoms with E-state index in [4.69, 9.17) is 11.6 Å². The van der Waals surface area contributed by atoms with E-state index in [1.807, 2.05) is 56.4 Å². The summed E-state index contributed by atoms with van der Waals surface area (Å²) in [7, 11) is 1.83. The van der Waals surface area contributed by atoms with Crippen molar-refractivity contribution >= 4 is 34.4 Å². The molecular formula is C17H15ClN2O. The summed E-state index contributed by atoms with van der Waals surface area (Å²) in [6.07, 6.45) is 1.68. The number of aromatic hydroxyl groups is 1. The highest BCUT2D eigenvalue weighted by molar-refractivity contribution is 6.31. The summed E-state index contributed by atoms with van der Waals surface area (Å²) < 4.78 is 1.75. The number of aromatic nitrogens is 1. The zero-order valence-corrected chi connectivity index (χ0v) is 12.6. The van der Waals surface area contributed by atoms with Gasteiger partial charge in [0.2, 0.25) is 5.88 Å². The Labute approximate surface area is 128 Å². The SMILES string of the molecule is Cc1ccc(N=Cc2c(O)n(C)c3ccccc23)cc1Cl. The molecule has 0 amide bonds. The van der Waals surface area contributed by atoms with Gasteiger partial charge in [-0.2, -0.15) is 0 Å². The largest absolute Gasteiger partial charge is 0.494 e. The van der Waals surface area contributed by atoms with Gasteiger partial charge in [0, 0.05) is 23.7 Å². The van der Waals surface area contributed by atoms with Crippen LogP contribution in [0.1, 0.15) is 11.1 Å². The van der Waals surface area contributed by atoms with Crippen molar-refractivity contribution in [2.75, 3.05) is 0 Å². The van der Waals surface area contributed by atoms with Crippen LogP contribution in [0.25, 0.3) is 10.9 Å². The number of benzene rings is 2. The van der Waals surface area contributed by atoms with Crippen LogP contribution in [0, 0.1) is 6.92 Å². The van der Waals surface area contributed by atoms with Crippen LogP contribution in [0.5, 0.6) is 5.88 Å². The average Bonchev–Trinajstić information content (AvgIpc) is 2.73. The summed E-state index contributed by atoms with van der Waals surface area (Å²) in [4.78, 5) is 4.42. The number of hydrogen-bond acceptors (Lipinski definition) is 2. The molecule has 2 aromatic carbocycles. The molecule has 1 N–H and O–H groups in total. The van der Waals surface area contributed by atoms with Crippen molar-refractivity contribution in [3.05, 3.63) is 58.6 Å². The molecule has 0 saturated carbocycles. The van der Waals surface area contributed by atoms with E-state index in [9.17, 15) is 5.11 Å². The lowest BCUT2D eigenvalue weighted by Gasteiger charge is -1.99. The maximum absolute atomic E-state index is 10.2. The van der Waals surface area contributed by atoms with Crippen molar-refractivity contribution in [1.82, 2.24) is 4.57 Å². The van der Waals surface area contributed by atoms with E-state index in [2.05, 4.69) is 4.99 Å². The Morgan fingerprint density at radius 3 is 2.71 bits per heavy atom. The molecule has 0 radical (unpaired) electrons. The van der Waals surface area contributed by atoms with Crippen molar-refractivity contribution in [2.24, 2.45) is 12.0 Å². The molecule has 3 nitrogen and oxygen atoms in total. The van der Waals surface area contributed by atoms with Gasteiger partial charge < -0.3 is 9.67 Å². The maximum Gasteiger partial charge on any atom is 0.200 e. The van der Waals surface area contributed by atoms with Crippen molar-refractivity contribution in [3.8, 4) is 5.88 Å². The molecular weight excluding hydrogens is 284 g/mol. The molecule has 0 atom stereocenters. The number of aryl methyl sites for hydroxylation is 2. The van der Waals surface area contributed by atoms with E-state index < -0.39 is 0 Å². The number of para-hydroxylation sites is 1. The minimum Gasteiger partial charge on any atom is -0.494 e. The highest BCUT2D eigenvalue weighted by Gasteiger charge is 2.11. The molecule has 106 valence electrons. The fourth-order valence-corrected chi connectivity index (χ4v) is 2.51. The van der Waals surface area contributed by atoms with Gasteiger partial charge in [0.25, 0.3) is 0 Å². The Balaban J connectivity index is 2.07. The normalized spacial score (nSPS) is 11.6. The summed E-state index contributed by atoms with van der Waals surface area (Å²) in [5, 5.41) is 11.9. The highest BCUT2D eigenvalue weighted by Crippen LogP contribution is 2.29. The van der Waals surface area contributed by atoms with Crippen LogP contribution in [-0.2, 0) is 7.05 Å². The molecule has 3 aromatic rings. The first-order chi connectivity index (χ1) is 10.1. The summed E-state index contributed by atoms with van der Waals surface area (Å²) >= 11 is 6.10. The summed E-state index contributed by atoms with van der Waals surface area (Å²) in [6.45, 7) is 1.95. The summed E-state index contributed by atoms with van der Waals surface area (Å²) in [5.74, 6) is 0.207. The molecule has 0 aliphatic carbocycles. The third-order valence-corrected chi connectivity index (χ3v) is 4.02. The van der Waals surface area contributed by atoms with Gasteiger partial charge in [-0.05, 0) is 30.7 Å². The zero-order valence-electron chi connectivity index (χ0n) is 11.8. The molecule has 0 saturated heterocycles. The van der Waals surface area contributed by atoms with Gasteiger partial charge in [-0.1, -0.05) is 35.9 Å². The summed E-state index contributed by atoms with van der Waals surface area (Å²) in [5.41, 5.74) is 3.46. The quantitative estimate of drug-likeness (QED) is 0.690. The van der Waals surface area contributed by atoms with Gasteiger partial charge in [0.1, 0.15) is 0 Å². The van der Waals surface area contributed by atoms with Gasteiger partial charge in [-0.25, -0.2) is 0 Å². The van der Waals surface area contributed by atoms with E-state index in [1.165, 1.54) is 0 Å². The first kappa shape index (κ1) is 13.7. The maximum atomic E-state index is 10.2. The second-order valence-corrected chi connectivity index (χ2v) is 5.41. The van der Waals surface area contributed by atoms with Crippen molar-refractivity contribution in [1.29, 1.82) is 0 Å². The summed E-state index contributed by atoms with van der Waals surface area (Å²) in [6, 6.07) is 13.5. The van der Waals surface area contributed by atoms with Gasteiger partial charge >= 0.3 is 0 Å². The van der Waals surface area contributed by atoms with E-state index in [-0.39, 0.29) is 5.88 Å². The smallest absolute Gasteiger partial charge is 0.200 e. The standard InChI is InChI=1S/C17H15ClN2O/c1-11-7-8-12(9-15(11)18)19-10-14-13-5-3-4-6-16(13)20(2)17(14)21/h3-10,21H,1-2H3. The molecule has 1 heterocycles. The fourth-order valence-electron chi connectivity index (χ4n) is 2.34. The van der Waals surface area contributed by atoms with Crippen LogP contribution in [-0.4, -0.2) is 15.9 Å². The molecule has 0 unspecified atom stereocenters. The van der Waals surface area contributed by atoms with Gasteiger partial charge in [-0.15, -0.1) is 0 Å². The Morgan fingerprint density at radius 1 is 1.19 bits per heavy atom. The molecule has 0 aliphatic heterocycles. The van der Waals surface area contributed by atoms with Gasteiger partial charge in [0.05, 0.1) is 16.8 Å². The number of rotatable bonds is 2. The number of fused-ring (bicyclic) bond motifs is 1. The Hall–Kier alpha value is -2.26. The Kier molecular flexibility index (Phi) is 3.43. The highest BCUT2D eigenvalue weighted by atomic mass is 35.5. The molecule has 0 spiro atoms. The van der Waals surface area contributed by atoms with Crippen molar-refractivity contribution < 1.29 is 5.11 Å². The predicted octanol–water partition coefficient (Wildman–Crippen LogP) is 4.60. The molecule has 4 heteroatoms. The van der Waals surface area contributed by atoms with E-state index >= 15 is 0 Å². The molecule has 3 rings (SSSR count). The predicted molar refractivity (Wildman–Crippen MR) is 88.0 cm³/mol. The lowest BCUT2D eigenvalue weighted by Crippen LogP contribution is -1.86. The van der Waals surface area contributed by atoms with Crippen LogP contribution < -0.4 is 0 Å². The van der Waals surface area contributed by atoms with Crippen molar-refractivity contribution in [2.45, 2.75) is 6.92 Å². The third kappa shape index (κ3) is 2.41. The van der Waals surface area contributed by atoms with E-state index in [0.29, 0.717) is 10.6 Å². The number of halogens is 1. The zero-order chi connectivity index (χ0) is 15.0. The second kappa shape index (κ2) is 5.26. The lowest BCUT2D eigenvalue weighted by molar-refractivity contribution is 0.434. The monoisotopic (exact) mass is 298 g/mol. The minimum atomic E-state index is 0.207. The van der Waals surface area contributed by atoms with E-state index in [0.717, 1.165) is 22.2 Å². The molecule has 0 aliphatic rings. The average molecular weight is 299 g/mol. The second-order valence-electron chi connectivity index (χ2n) is 5.01.